The van der Waals surface area contributed by atoms with Gasteiger partial charge in [0.05, 0.1) is 31.5 Å². The van der Waals surface area contributed by atoms with E-state index in [4.69, 9.17) is 14.2 Å². The molecular formula is C24H27IN4O6. The van der Waals surface area contributed by atoms with E-state index in [1.54, 1.807) is 31.3 Å². The highest BCUT2D eigenvalue weighted by atomic mass is 127. The number of amides is 2. The third kappa shape index (κ3) is 7.09. The molecule has 35 heavy (non-hydrogen) atoms. The predicted molar refractivity (Wildman–Crippen MR) is 138 cm³/mol. The summed E-state index contributed by atoms with van der Waals surface area (Å²) in [6, 6.07) is 11.6. The molecule has 4 N–H and O–H groups in total. The smallest absolute Gasteiger partial charge is 0.337 e. The fraction of sp³-hybridized carbons (Fsp3) is 0.292. The summed E-state index contributed by atoms with van der Waals surface area (Å²) < 4.78 is 17.4. The standard InChI is InChI=1S/C24H27IN4O6/c1-4-34-19-11-16(22-21(23(31)33-3)14(2)27-24(32)28-22)8-9-18(19)35-13-20(30)29-26-12-15-6-5-7-17(25)10-15/h5-12,20,22,29-30H,4,13H2,1-3H3,(H2,27,28,32)/b26-12-/t20-,22-/m1/s1. The lowest BCUT2D eigenvalue weighted by Gasteiger charge is -2.28. The number of urea groups is 1. The third-order valence-electron chi connectivity index (χ3n) is 4.96. The Hall–Kier alpha value is -3.32. The lowest BCUT2D eigenvalue weighted by Crippen LogP contribution is -2.45. The Labute approximate surface area is 216 Å². The zero-order valence-electron chi connectivity index (χ0n) is 19.5. The second-order valence-corrected chi connectivity index (χ2v) is 8.72. The summed E-state index contributed by atoms with van der Waals surface area (Å²) in [4.78, 5) is 24.4. The van der Waals surface area contributed by atoms with Gasteiger partial charge in [-0.1, -0.05) is 18.2 Å². The molecule has 0 spiro atoms. The molecule has 2 amide bonds. The second kappa shape index (κ2) is 12.4. The molecule has 0 fully saturated rings. The van der Waals surface area contributed by atoms with Gasteiger partial charge in [-0.25, -0.2) is 9.59 Å². The summed E-state index contributed by atoms with van der Waals surface area (Å²) in [6.07, 6.45) is 0.538. The largest absolute Gasteiger partial charge is 0.490 e. The van der Waals surface area contributed by atoms with E-state index < -0.39 is 24.3 Å². The second-order valence-electron chi connectivity index (χ2n) is 7.47. The number of allylic oxidation sites excluding steroid dienone is 1. The van der Waals surface area contributed by atoms with Crippen LogP contribution in [0.2, 0.25) is 0 Å². The SMILES string of the molecule is CCOc1cc([C@H]2NC(=O)NC(C)=C2C(=O)OC)ccc1OC[C@@H](O)N/N=C\c1cccc(I)c1. The number of aliphatic hydroxyl groups is 1. The van der Waals surface area contributed by atoms with E-state index >= 15 is 0 Å². The van der Waals surface area contributed by atoms with Crippen molar-refractivity contribution in [3.05, 3.63) is 68.4 Å². The van der Waals surface area contributed by atoms with Crippen molar-refractivity contribution in [1.82, 2.24) is 16.1 Å². The lowest BCUT2D eigenvalue weighted by molar-refractivity contribution is -0.136. The number of benzene rings is 2. The van der Waals surface area contributed by atoms with Gasteiger partial charge in [0.25, 0.3) is 0 Å². The van der Waals surface area contributed by atoms with Crippen molar-refractivity contribution in [2.24, 2.45) is 5.10 Å². The van der Waals surface area contributed by atoms with Gasteiger partial charge in [0.2, 0.25) is 0 Å². The van der Waals surface area contributed by atoms with Crippen molar-refractivity contribution < 1.29 is 28.9 Å². The Kier molecular flexibility index (Phi) is 9.32. The van der Waals surface area contributed by atoms with E-state index in [1.807, 2.05) is 31.2 Å². The third-order valence-corrected chi connectivity index (χ3v) is 5.63. The Morgan fingerprint density at radius 3 is 2.77 bits per heavy atom. The van der Waals surface area contributed by atoms with E-state index in [9.17, 15) is 14.7 Å². The van der Waals surface area contributed by atoms with E-state index in [0.29, 0.717) is 29.4 Å². The monoisotopic (exact) mass is 594 g/mol. The summed E-state index contributed by atoms with van der Waals surface area (Å²) >= 11 is 2.21. The Bertz CT molecular complexity index is 1140. The van der Waals surface area contributed by atoms with Gasteiger partial charge in [0.1, 0.15) is 6.61 Å². The van der Waals surface area contributed by atoms with Crippen LogP contribution in [-0.4, -0.2) is 49.9 Å². The molecule has 0 unspecified atom stereocenters. The number of ether oxygens (including phenoxy) is 3. The van der Waals surface area contributed by atoms with Crippen molar-refractivity contribution in [1.29, 1.82) is 0 Å². The molecule has 186 valence electrons. The Morgan fingerprint density at radius 1 is 1.26 bits per heavy atom. The maximum Gasteiger partial charge on any atom is 0.337 e. The number of esters is 1. The van der Waals surface area contributed by atoms with Crippen molar-refractivity contribution in [3.63, 3.8) is 0 Å². The molecule has 11 heteroatoms. The van der Waals surface area contributed by atoms with Crippen molar-refractivity contribution >= 4 is 40.8 Å². The first-order valence-corrected chi connectivity index (χ1v) is 11.9. The summed E-state index contributed by atoms with van der Waals surface area (Å²) in [6.45, 7) is 3.72. The van der Waals surface area contributed by atoms with Crippen LogP contribution in [0.1, 0.15) is 31.0 Å². The molecule has 0 radical (unpaired) electrons. The number of nitrogens with zero attached hydrogens (tertiary/aromatic N) is 1. The number of rotatable bonds is 10. The maximum absolute atomic E-state index is 12.3. The fourth-order valence-corrected chi connectivity index (χ4v) is 3.97. The van der Waals surface area contributed by atoms with Crippen LogP contribution in [0.5, 0.6) is 11.5 Å². The van der Waals surface area contributed by atoms with Crippen molar-refractivity contribution in [2.75, 3.05) is 20.3 Å². The van der Waals surface area contributed by atoms with E-state index in [2.05, 4.69) is 43.8 Å². The Morgan fingerprint density at radius 2 is 2.06 bits per heavy atom. The van der Waals surface area contributed by atoms with Crippen molar-refractivity contribution in [3.8, 4) is 11.5 Å². The molecule has 2 atom stereocenters. The number of aliphatic hydroxyl groups excluding tert-OH is 1. The van der Waals surface area contributed by atoms with Gasteiger partial charge in [-0.3, -0.25) is 5.43 Å². The minimum absolute atomic E-state index is 0.0976. The van der Waals surface area contributed by atoms with Crippen LogP contribution in [0.4, 0.5) is 4.79 Å². The van der Waals surface area contributed by atoms with Crippen molar-refractivity contribution in [2.45, 2.75) is 26.1 Å². The number of halogens is 1. The van der Waals surface area contributed by atoms with E-state index in [1.165, 1.54) is 7.11 Å². The predicted octanol–water partition coefficient (Wildman–Crippen LogP) is 2.81. The molecule has 1 heterocycles. The maximum atomic E-state index is 12.3. The van der Waals surface area contributed by atoms with Gasteiger partial charge in [-0.15, -0.1) is 0 Å². The molecular weight excluding hydrogens is 567 g/mol. The summed E-state index contributed by atoms with van der Waals surface area (Å²) in [5, 5.41) is 19.6. The minimum Gasteiger partial charge on any atom is -0.490 e. The average molecular weight is 594 g/mol. The highest BCUT2D eigenvalue weighted by Crippen LogP contribution is 2.34. The molecule has 0 saturated heterocycles. The van der Waals surface area contributed by atoms with Gasteiger partial charge in [0.15, 0.2) is 17.7 Å². The molecule has 10 nitrogen and oxygen atoms in total. The fourth-order valence-electron chi connectivity index (χ4n) is 3.41. The minimum atomic E-state index is -1.07. The average Bonchev–Trinajstić information content (AvgIpc) is 2.82. The molecule has 0 aromatic heterocycles. The van der Waals surface area contributed by atoms with Crippen LogP contribution in [0.15, 0.2) is 58.8 Å². The number of hydrogen-bond acceptors (Lipinski definition) is 8. The first kappa shape index (κ1) is 26.3. The highest BCUT2D eigenvalue weighted by Gasteiger charge is 2.32. The normalized spacial score (nSPS) is 16.4. The van der Waals surface area contributed by atoms with Gasteiger partial charge >= 0.3 is 12.0 Å². The van der Waals surface area contributed by atoms with Crippen LogP contribution < -0.4 is 25.5 Å². The summed E-state index contributed by atoms with van der Waals surface area (Å²) in [5.41, 5.74) is 4.81. The van der Waals surface area contributed by atoms with Gasteiger partial charge in [-0.2, -0.15) is 5.10 Å². The zero-order chi connectivity index (χ0) is 25.4. The molecule has 3 rings (SSSR count). The first-order valence-electron chi connectivity index (χ1n) is 10.8. The van der Waals surface area contributed by atoms with Crippen LogP contribution in [-0.2, 0) is 9.53 Å². The molecule has 0 aliphatic carbocycles. The number of hydrazone groups is 1. The van der Waals surface area contributed by atoms with E-state index in [-0.39, 0.29) is 12.2 Å². The van der Waals surface area contributed by atoms with Crippen LogP contribution in [0.3, 0.4) is 0 Å². The number of nitrogens with one attached hydrogen (secondary N) is 3. The Balaban J connectivity index is 1.71. The van der Waals surface area contributed by atoms with Gasteiger partial charge in [-0.05, 0) is 71.8 Å². The molecule has 0 saturated carbocycles. The molecule has 2 aromatic rings. The van der Waals surface area contributed by atoms with Crippen LogP contribution >= 0.6 is 22.6 Å². The number of carbonyl (C=O) groups is 2. The summed E-state index contributed by atoms with van der Waals surface area (Å²) in [7, 11) is 1.28. The zero-order valence-corrected chi connectivity index (χ0v) is 21.7. The number of carbonyl (C=O) groups excluding carboxylic acids is 2. The van der Waals surface area contributed by atoms with Gasteiger partial charge in [0, 0.05) is 9.27 Å². The van der Waals surface area contributed by atoms with Gasteiger partial charge < -0.3 is 30.0 Å². The topological polar surface area (TPSA) is 131 Å². The molecule has 1 aliphatic rings. The van der Waals surface area contributed by atoms with Crippen LogP contribution in [0, 0.1) is 3.57 Å². The molecule has 2 aromatic carbocycles. The first-order chi connectivity index (χ1) is 16.8. The number of methoxy groups -OCH3 is 1. The number of hydrogen-bond donors (Lipinski definition) is 4. The quantitative estimate of drug-likeness (QED) is 0.109. The molecule has 0 bridgehead atoms. The van der Waals surface area contributed by atoms with Crippen LogP contribution in [0.25, 0.3) is 0 Å². The summed E-state index contributed by atoms with van der Waals surface area (Å²) in [5.74, 6) is 0.228. The molecule has 1 aliphatic heterocycles. The lowest BCUT2D eigenvalue weighted by atomic mass is 9.95. The highest BCUT2D eigenvalue weighted by molar-refractivity contribution is 14.1. The van der Waals surface area contributed by atoms with E-state index in [0.717, 1.165) is 9.13 Å².